The van der Waals surface area contributed by atoms with Gasteiger partial charge in [0.1, 0.15) is 24.4 Å². The molecule has 1 atom stereocenters. The largest absolute Gasteiger partial charge is 0.491 e. The average Bonchev–Trinajstić information content (AvgIpc) is 3.41. The van der Waals surface area contributed by atoms with Crippen LogP contribution in [0.25, 0.3) is 5.69 Å². The molecule has 0 amide bonds. The zero-order valence-electron chi connectivity index (χ0n) is 14.5. The zero-order valence-corrected chi connectivity index (χ0v) is 14.5. The van der Waals surface area contributed by atoms with Crippen molar-refractivity contribution in [3.63, 3.8) is 0 Å². The number of esters is 1. The van der Waals surface area contributed by atoms with Crippen LogP contribution in [0.4, 0.5) is 0 Å². The van der Waals surface area contributed by atoms with Gasteiger partial charge >= 0.3 is 5.97 Å². The monoisotopic (exact) mass is 366 g/mol. The van der Waals surface area contributed by atoms with E-state index in [1.54, 1.807) is 48.5 Å². The van der Waals surface area contributed by atoms with Gasteiger partial charge in [-0.3, -0.25) is 0 Å². The number of aromatic nitrogens is 4. The quantitative estimate of drug-likeness (QED) is 0.489. The van der Waals surface area contributed by atoms with Crippen molar-refractivity contribution in [2.75, 3.05) is 13.2 Å². The lowest BCUT2D eigenvalue weighted by Crippen LogP contribution is -2.16. The van der Waals surface area contributed by atoms with Crippen molar-refractivity contribution in [3.8, 4) is 17.2 Å². The van der Waals surface area contributed by atoms with E-state index in [0.29, 0.717) is 23.7 Å². The SMILES string of the molecule is O=C(Oc1ccc(-n2cnnn2)cc1)c1ccc(OC[C@H]2CCCO2)cc1. The lowest BCUT2D eigenvalue weighted by molar-refractivity contribution is 0.0678. The first-order valence-electron chi connectivity index (χ1n) is 8.68. The standard InChI is InChI=1S/C19H18N4O4/c24-19(27-17-9-5-15(6-10-17)23-13-20-21-22-23)14-3-7-16(8-4-14)26-12-18-2-1-11-25-18/h3-10,13,18H,1-2,11-12H2/t18-/m1/s1. The molecule has 0 unspecified atom stereocenters. The second kappa shape index (κ2) is 7.96. The van der Waals surface area contributed by atoms with Crippen LogP contribution in [0.2, 0.25) is 0 Å². The summed E-state index contributed by atoms with van der Waals surface area (Å²) in [7, 11) is 0. The normalized spacial score (nSPS) is 16.2. The van der Waals surface area contributed by atoms with E-state index in [2.05, 4.69) is 15.5 Å². The Labute approximate surface area is 155 Å². The van der Waals surface area contributed by atoms with Crippen LogP contribution in [0.3, 0.4) is 0 Å². The highest BCUT2D eigenvalue weighted by atomic mass is 16.5. The highest BCUT2D eigenvalue weighted by molar-refractivity contribution is 5.91. The minimum atomic E-state index is -0.434. The molecule has 8 heteroatoms. The lowest BCUT2D eigenvalue weighted by Gasteiger charge is -2.11. The smallest absolute Gasteiger partial charge is 0.343 e. The fraction of sp³-hybridized carbons (Fsp3) is 0.263. The molecule has 3 aromatic rings. The van der Waals surface area contributed by atoms with Gasteiger partial charge in [0, 0.05) is 6.61 Å². The zero-order chi connectivity index (χ0) is 18.5. The molecule has 0 N–H and O–H groups in total. The summed E-state index contributed by atoms with van der Waals surface area (Å²) in [5.74, 6) is 0.708. The molecular formula is C19H18N4O4. The summed E-state index contributed by atoms with van der Waals surface area (Å²) in [5.41, 5.74) is 1.22. The molecule has 0 aliphatic carbocycles. The minimum Gasteiger partial charge on any atom is -0.491 e. The molecule has 27 heavy (non-hydrogen) atoms. The molecule has 0 spiro atoms. The molecule has 8 nitrogen and oxygen atoms in total. The maximum absolute atomic E-state index is 12.3. The third kappa shape index (κ3) is 4.29. The molecular weight excluding hydrogens is 348 g/mol. The topological polar surface area (TPSA) is 88.4 Å². The first kappa shape index (κ1) is 17.2. The Hall–Kier alpha value is -3.26. The van der Waals surface area contributed by atoms with Gasteiger partial charge in [-0.25, -0.2) is 9.48 Å². The van der Waals surface area contributed by atoms with E-state index < -0.39 is 5.97 Å². The summed E-state index contributed by atoms with van der Waals surface area (Å²) in [5, 5.41) is 11.0. The van der Waals surface area contributed by atoms with Crippen molar-refractivity contribution in [2.45, 2.75) is 18.9 Å². The molecule has 1 aliphatic rings. The van der Waals surface area contributed by atoms with Crippen molar-refractivity contribution < 1.29 is 19.0 Å². The lowest BCUT2D eigenvalue weighted by atomic mass is 10.2. The molecule has 1 fully saturated rings. The van der Waals surface area contributed by atoms with Crippen LogP contribution in [0, 0.1) is 0 Å². The van der Waals surface area contributed by atoms with Crippen molar-refractivity contribution in [1.29, 1.82) is 0 Å². The van der Waals surface area contributed by atoms with Crippen LogP contribution in [0.15, 0.2) is 54.9 Å². The van der Waals surface area contributed by atoms with E-state index in [1.165, 1.54) is 11.0 Å². The number of tetrazole rings is 1. The maximum atomic E-state index is 12.3. The van der Waals surface area contributed by atoms with Gasteiger partial charge in [-0.1, -0.05) is 0 Å². The molecule has 1 saturated heterocycles. The molecule has 0 saturated carbocycles. The number of carbonyl (C=O) groups excluding carboxylic acids is 1. The van der Waals surface area contributed by atoms with E-state index in [9.17, 15) is 4.79 Å². The van der Waals surface area contributed by atoms with Crippen LogP contribution in [0.1, 0.15) is 23.2 Å². The van der Waals surface area contributed by atoms with Gasteiger partial charge < -0.3 is 14.2 Å². The van der Waals surface area contributed by atoms with Crippen LogP contribution in [0.5, 0.6) is 11.5 Å². The summed E-state index contributed by atoms with van der Waals surface area (Å²) in [6, 6.07) is 13.8. The molecule has 0 radical (unpaired) electrons. The molecule has 0 bridgehead atoms. The molecule has 2 aromatic carbocycles. The van der Waals surface area contributed by atoms with Crippen molar-refractivity contribution in [2.24, 2.45) is 0 Å². The molecule has 4 rings (SSSR count). The van der Waals surface area contributed by atoms with E-state index in [-0.39, 0.29) is 6.10 Å². The molecule has 2 heterocycles. The summed E-state index contributed by atoms with van der Waals surface area (Å²) in [6.07, 6.45) is 3.75. The van der Waals surface area contributed by atoms with Crippen LogP contribution in [-0.2, 0) is 4.74 Å². The van der Waals surface area contributed by atoms with Gasteiger partial charge in [0.2, 0.25) is 0 Å². The average molecular weight is 366 g/mol. The number of carbonyl (C=O) groups is 1. The number of hydrogen-bond donors (Lipinski definition) is 0. The van der Waals surface area contributed by atoms with Gasteiger partial charge in [-0.05, 0) is 71.8 Å². The number of nitrogens with zero attached hydrogens (tertiary/aromatic N) is 4. The Morgan fingerprint density at radius 3 is 2.56 bits per heavy atom. The number of ether oxygens (including phenoxy) is 3. The van der Waals surface area contributed by atoms with Crippen LogP contribution in [-0.4, -0.2) is 45.5 Å². The van der Waals surface area contributed by atoms with Gasteiger partial charge in [0.15, 0.2) is 0 Å². The van der Waals surface area contributed by atoms with Crippen LogP contribution < -0.4 is 9.47 Å². The van der Waals surface area contributed by atoms with Gasteiger partial charge in [-0.15, -0.1) is 5.10 Å². The minimum absolute atomic E-state index is 0.158. The predicted octanol–water partition coefficient (Wildman–Crippen LogP) is 2.44. The summed E-state index contributed by atoms with van der Waals surface area (Å²) >= 11 is 0. The first-order valence-corrected chi connectivity index (χ1v) is 8.68. The summed E-state index contributed by atoms with van der Waals surface area (Å²) < 4.78 is 18.1. The Kier molecular flexibility index (Phi) is 5.06. The third-order valence-corrected chi connectivity index (χ3v) is 4.21. The van der Waals surface area contributed by atoms with Crippen LogP contribution >= 0.6 is 0 Å². The second-order valence-corrected chi connectivity index (χ2v) is 6.11. The Morgan fingerprint density at radius 1 is 1.11 bits per heavy atom. The predicted molar refractivity (Wildman–Crippen MR) is 95.0 cm³/mol. The Morgan fingerprint density at radius 2 is 1.89 bits per heavy atom. The molecule has 1 aromatic heterocycles. The van der Waals surface area contributed by atoms with Gasteiger partial charge in [0.05, 0.1) is 17.4 Å². The van der Waals surface area contributed by atoms with Gasteiger partial charge in [0.25, 0.3) is 0 Å². The fourth-order valence-corrected chi connectivity index (χ4v) is 2.76. The van der Waals surface area contributed by atoms with E-state index in [1.807, 2.05) is 0 Å². The third-order valence-electron chi connectivity index (χ3n) is 4.21. The number of benzene rings is 2. The second-order valence-electron chi connectivity index (χ2n) is 6.11. The molecule has 138 valence electrons. The van der Waals surface area contributed by atoms with Crippen molar-refractivity contribution >= 4 is 5.97 Å². The summed E-state index contributed by atoms with van der Waals surface area (Å²) in [4.78, 5) is 12.3. The van der Waals surface area contributed by atoms with E-state index >= 15 is 0 Å². The highest BCUT2D eigenvalue weighted by Crippen LogP contribution is 2.19. The van der Waals surface area contributed by atoms with Gasteiger partial charge in [-0.2, -0.15) is 0 Å². The Bertz CT molecular complexity index is 873. The maximum Gasteiger partial charge on any atom is 0.343 e. The number of rotatable bonds is 6. The Balaban J connectivity index is 1.33. The van der Waals surface area contributed by atoms with Crippen molar-refractivity contribution in [1.82, 2.24) is 20.2 Å². The van der Waals surface area contributed by atoms with E-state index in [4.69, 9.17) is 14.2 Å². The summed E-state index contributed by atoms with van der Waals surface area (Å²) in [6.45, 7) is 1.33. The van der Waals surface area contributed by atoms with Crippen molar-refractivity contribution in [3.05, 3.63) is 60.4 Å². The first-order chi connectivity index (χ1) is 13.3. The molecule has 1 aliphatic heterocycles. The number of hydrogen-bond acceptors (Lipinski definition) is 7. The fourth-order valence-electron chi connectivity index (χ4n) is 2.76. The highest BCUT2D eigenvalue weighted by Gasteiger charge is 2.16. The van der Waals surface area contributed by atoms with E-state index in [0.717, 1.165) is 25.1 Å².